The summed E-state index contributed by atoms with van der Waals surface area (Å²) < 4.78 is 11.1. The molecule has 0 spiro atoms. The molecule has 0 bridgehead atoms. The number of nitrogens with zero attached hydrogens (tertiary/aromatic N) is 1. The standard InChI is InChI=1S/C9H13NOS.C4H5F/c1-4-6(2)9-10-7(3)8(5-11)12-9;1-3-4(2)5/h4,11H,5H2,1-3H3;3H,1-2H2/b6-4+;. The second kappa shape index (κ2) is 7.92. The largest absolute Gasteiger partial charge is 0.391 e. The minimum absolute atomic E-state index is 0.0977. The summed E-state index contributed by atoms with van der Waals surface area (Å²) in [5.41, 5.74) is 2.11. The van der Waals surface area contributed by atoms with E-state index in [0.717, 1.165) is 21.7 Å². The normalized spacial score (nSPS) is 10.5. The zero-order chi connectivity index (χ0) is 13.4. The van der Waals surface area contributed by atoms with E-state index in [1.807, 2.05) is 26.8 Å². The number of aliphatic hydroxyl groups excluding tert-OH is 1. The molecule has 4 heteroatoms. The first kappa shape index (κ1) is 15.7. The molecule has 0 atom stereocenters. The van der Waals surface area contributed by atoms with E-state index in [9.17, 15) is 4.39 Å². The van der Waals surface area contributed by atoms with Crippen molar-refractivity contribution in [2.75, 3.05) is 0 Å². The Hall–Kier alpha value is -1.26. The number of aliphatic hydroxyl groups is 1. The minimum Gasteiger partial charge on any atom is -0.391 e. The second-order valence-corrected chi connectivity index (χ2v) is 4.39. The fraction of sp³-hybridized carbons (Fsp3) is 0.308. The van der Waals surface area contributed by atoms with Crippen molar-refractivity contribution in [3.05, 3.63) is 46.7 Å². The Kier molecular flexibility index (Phi) is 7.34. The average Bonchev–Trinajstić information content (AvgIpc) is 2.70. The van der Waals surface area contributed by atoms with E-state index in [2.05, 4.69) is 18.1 Å². The van der Waals surface area contributed by atoms with E-state index >= 15 is 0 Å². The third-order valence-corrected chi connectivity index (χ3v) is 3.31. The van der Waals surface area contributed by atoms with E-state index in [1.165, 1.54) is 5.57 Å². The number of rotatable bonds is 3. The van der Waals surface area contributed by atoms with Crippen LogP contribution < -0.4 is 0 Å². The maximum atomic E-state index is 11.1. The molecule has 0 aromatic carbocycles. The molecule has 1 rings (SSSR count). The quantitative estimate of drug-likeness (QED) is 0.827. The first-order valence-electron chi connectivity index (χ1n) is 5.13. The van der Waals surface area contributed by atoms with Crippen molar-refractivity contribution in [1.29, 1.82) is 0 Å². The van der Waals surface area contributed by atoms with Crippen molar-refractivity contribution in [3.8, 4) is 0 Å². The number of hydrogen-bond donors (Lipinski definition) is 1. The Morgan fingerprint density at radius 3 is 2.41 bits per heavy atom. The summed E-state index contributed by atoms with van der Waals surface area (Å²) in [6.07, 6.45) is 3.08. The molecule has 0 fully saturated rings. The highest BCUT2D eigenvalue weighted by molar-refractivity contribution is 7.12. The smallest absolute Gasteiger partial charge is 0.119 e. The number of hydrogen-bond acceptors (Lipinski definition) is 3. The molecule has 1 heterocycles. The van der Waals surface area contributed by atoms with Crippen molar-refractivity contribution in [1.82, 2.24) is 4.98 Å². The molecule has 0 aliphatic heterocycles. The SMILES string of the molecule is C/C=C(\C)c1nc(C)c(CO)s1.C=CC(=C)F. The maximum Gasteiger partial charge on any atom is 0.119 e. The van der Waals surface area contributed by atoms with E-state index in [-0.39, 0.29) is 6.61 Å². The molecule has 2 nitrogen and oxygen atoms in total. The molecule has 0 saturated heterocycles. The van der Waals surface area contributed by atoms with Crippen LogP contribution in [0.2, 0.25) is 0 Å². The van der Waals surface area contributed by atoms with Crippen LogP contribution in [0.25, 0.3) is 5.57 Å². The molecule has 1 N–H and O–H groups in total. The fourth-order valence-electron chi connectivity index (χ4n) is 0.867. The van der Waals surface area contributed by atoms with Gasteiger partial charge in [-0.15, -0.1) is 11.3 Å². The third kappa shape index (κ3) is 5.56. The van der Waals surface area contributed by atoms with Crippen LogP contribution in [0.4, 0.5) is 4.39 Å². The third-order valence-electron chi connectivity index (χ3n) is 2.03. The highest BCUT2D eigenvalue weighted by Crippen LogP contribution is 2.23. The van der Waals surface area contributed by atoms with Crippen LogP contribution in [0.5, 0.6) is 0 Å². The Bertz CT molecular complexity index is 421. The first-order chi connectivity index (χ1) is 7.96. The Morgan fingerprint density at radius 1 is 1.59 bits per heavy atom. The summed E-state index contributed by atoms with van der Waals surface area (Å²) in [7, 11) is 0. The van der Waals surface area contributed by atoms with Crippen molar-refractivity contribution < 1.29 is 9.50 Å². The minimum atomic E-state index is -0.481. The molecule has 0 aliphatic rings. The van der Waals surface area contributed by atoms with Gasteiger partial charge >= 0.3 is 0 Å². The van der Waals surface area contributed by atoms with Crippen LogP contribution in [0.3, 0.4) is 0 Å². The summed E-state index contributed by atoms with van der Waals surface area (Å²) in [5, 5.41) is 9.95. The van der Waals surface area contributed by atoms with Gasteiger partial charge in [-0.05, 0) is 32.4 Å². The molecule has 0 unspecified atom stereocenters. The van der Waals surface area contributed by atoms with E-state index in [1.54, 1.807) is 11.3 Å². The van der Waals surface area contributed by atoms with Crippen LogP contribution in [-0.2, 0) is 6.61 Å². The lowest BCUT2D eigenvalue weighted by atomic mass is 10.3. The lowest BCUT2D eigenvalue weighted by Gasteiger charge is -1.89. The van der Waals surface area contributed by atoms with Gasteiger partial charge in [0.05, 0.1) is 17.2 Å². The summed E-state index contributed by atoms with van der Waals surface area (Å²) in [4.78, 5) is 5.31. The summed E-state index contributed by atoms with van der Waals surface area (Å²) in [6, 6.07) is 0. The van der Waals surface area contributed by atoms with Crippen LogP contribution in [-0.4, -0.2) is 10.1 Å². The number of allylic oxidation sites excluding steroid dienone is 4. The number of aromatic nitrogens is 1. The number of thiazole rings is 1. The van der Waals surface area contributed by atoms with Gasteiger partial charge in [0.25, 0.3) is 0 Å². The topological polar surface area (TPSA) is 33.1 Å². The maximum absolute atomic E-state index is 11.1. The highest BCUT2D eigenvalue weighted by Gasteiger charge is 2.06. The lowest BCUT2D eigenvalue weighted by Crippen LogP contribution is -1.80. The second-order valence-electron chi connectivity index (χ2n) is 3.31. The predicted octanol–water partition coefficient (Wildman–Crippen LogP) is 4.02. The molecular formula is C13H18FNOS. The van der Waals surface area contributed by atoms with Crippen molar-refractivity contribution in [3.63, 3.8) is 0 Å². The molecule has 94 valence electrons. The van der Waals surface area contributed by atoms with Crippen molar-refractivity contribution in [2.24, 2.45) is 0 Å². The van der Waals surface area contributed by atoms with E-state index in [4.69, 9.17) is 5.11 Å². The fourth-order valence-corrected chi connectivity index (χ4v) is 1.82. The van der Waals surface area contributed by atoms with Crippen LogP contribution in [0, 0.1) is 6.92 Å². The van der Waals surface area contributed by atoms with Crippen LogP contribution in [0.15, 0.2) is 31.1 Å². The predicted molar refractivity (Wildman–Crippen MR) is 72.5 cm³/mol. The van der Waals surface area contributed by atoms with Gasteiger partial charge in [0.2, 0.25) is 0 Å². The molecule has 0 aliphatic carbocycles. The zero-order valence-corrected chi connectivity index (χ0v) is 11.3. The molecule has 1 aromatic heterocycles. The zero-order valence-electron chi connectivity index (χ0n) is 10.5. The summed E-state index contributed by atoms with van der Waals surface area (Å²) in [5.74, 6) is -0.481. The van der Waals surface area contributed by atoms with E-state index in [0.29, 0.717) is 0 Å². The highest BCUT2D eigenvalue weighted by atomic mass is 32.1. The Morgan fingerprint density at radius 2 is 2.12 bits per heavy atom. The van der Waals surface area contributed by atoms with Gasteiger partial charge in [-0.1, -0.05) is 19.2 Å². The van der Waals surface area contributed by atoms with Gasteiger partial charge in [-0.3, -0.25) is 0 Å². The first-order valence-corrected chi connectivity index (χ1v) is 5.95. The van der Waals surface area contributed by atoms with E-state index < -0.39 is 5.83 Å². The van der Waals surface area contributed by atoms with Crippen LogP contribution >= 0.6 is 11.3 Å². The molecule has 0 radical (unpaired) electrons. The molecule has 0 amide bonds. The van der Waals surface area contributed by atoms with Gasteiger partial charge in [-0.2, -0.15) is 0 Å². The molecule has 0 saturated carbocycles. The van der Waals surface area contributed by atoms with Gasteiger partial charge in [0.1, 0.15) is 10.8 Å². The van der Waals surface area contributed by atoms with Crippen molar-refractivity contribution in [2.45, 2.75) is 27.4 Å². The Balaban J connectivity index is 0.000000437. The van der Waals surface area contributed by atoms with Gasteiger partial charge in [-0.25, -0.2) is 9.37 Å². The van der Waals surface area contributed by atoms with Crippen molar-refractivity contribution >= 4 is 16.9 Å². The average molecular weight is 255 g/mol. The van der Waals surface area contributed by atoms with Gasteiger partial charge in [0.15, 0.2) is 0 Å². The lowest BCUT2D eigenvalue weighted by molar-refractivity contribution is 0.284. The van der Waals surface area contributed by atoms with Gasteiger partial charge in [0, 0.05) is 0 Å². The number of aryl methyl sites for hydroxylation is 1. The Labute approximate surface area is 106 Å². The molecule has 1 aromatic rings. The monoisotopic (exact) mass is 255 g/mol. The molecular weight excluding hydrogens is 237 g/mol. The molecule has 17 heavy (non-hydrogen) atoms. The number of halogens is 1. The summed E-state index contributed by atoms with van der Waals surface area (Å²) >= 11 is 1.56. The van der Waals surface area contributed by atoms with Gasteiger partial charge < -0.3 is 5.11 Å². The summed E-state index contributed by atoms with van der Waals surface area (Å²) in [6.45, 7) is 12.0. The van der Waals surface area contributed by atoms with Crippen LogP contribution in [0.1, 0.15) is 29.4 Å².